The lowest BCUT2D eigenvalue weighted by molar-refractivity contribution is -0.0710. The van der Waals surface area contributed by atoms with Gasteiger partial charge in [-0.15, -0.1) is 0 Å². The third kappa shape index (κ3) is 1.34. The maximum absolute atomic E-state index is 10.4. The molecule has 0 unspecified atom stereocenters. The maximum Gasteiger partial charge on any atom is 0.129 e. The first kappa shape index (κ1) is 12.5. The quantitative estimate of drug-likeness (QED) is 0.783. The summed E-state index contributed by atoms with van der Waals surface area (Å²) >= 11 is 0. The Labute approximate surface area is 119 Å². The van der Waals surface area contributed by atoms with Crippen LogP contribution in [0.4, 0.5) is 0 Å². The van der Waals surface area contributed by atoms with Crippen LogP contribution in [0.3, 0.4) is 0 Å². The van der Waals surface area contributed by atoms with E-state index in [2.05, 4.69) is 20.8 Å². The minimum atomic E-state index is -0.186. The van der Waals surface area contributed by atoms with E-state index in [0.29, 0.717) is 11.7 Å². The van der Waals surface area contributed by atoms with Gasteiger partial charge in [-0.2, -0.15) is 0 Å². The first-order chi connectivity index (χ1) is 9.33. The molecule has 3 aliphatic rings. The molecule has 0 spiro atoms. The van der Waals surface area contributed by atoms with Crippen LogP contribution in [0.5, 0.6) is 11.5 Å². The largest absolute Gasteiger partial charge is 0.507 e. The molecule has 1 N–H and O–H groups in total. The normalized spacial score (nSPS) is 40.1. The van der Waals surface area contributed by atoms with E-state index in [1.165, 1.54) is 0 Å². The van der Waals surface area contributed by atoms with Crippen molar-refractivity contribution in [3.8, 4) is 11.5 Å². The van der Waals surface area contributed by atoms with Crippen molar-refractivity contribution in [3.63, 3.8) is 0 Å². The maximum atomic E-state index is 10.4. The highest BCUT2D eigenvalue weighted by atomic mass is 16.5. The number of ether oxygens (including phenoxy) is 2. The summed E-state index contributed by atoms with van der Waals surface area (Å²) in [6.45, 7) is 8.74. The minimum Gasteiger partial charge on any atom is -0.507 e. The van der Waals surface area contributed by atoms with Crippen molar-refractivity contribution in [1.82, 2.24) is 0 Å². The van der Waals surface area contributed by atoms with Gasteiger partial charge in [-0.3, -0.25) is 0 Å². The van der Waals surface area contributed by atoms with E-state index in [1.54, 1.807) is 0 Å². The Balaban J connectivity index is 1.95. The molecule has 1 saturated carbocycles. The lowest BCUT2D eigenvalue weighted by Crippen LogP contribution is -2.54. The molecule has 20 heavy (non-hydrogen) atoms. The van der Waals surface area contributed by atoms with Crippen molar-refractivity contribution in [3.05, 3.63) is 23.3 Å². The zero-order chi connectivity index (χ0) is 14.3. The van der Waals surface area contributed by atoms with Crippen LogP contribution in [-0.4, -0.2) is 16.8 Å². The van der Waals surface area contributed by atoms with Crippen LogP contribution in [0.25, 0.3) is 0 Å². The Bertz CT molecular complexity index is 592. The number of phenols is 1. The number of fused-ring (bicyclic) bond motifs is 3. The first-order valence-electron chi connectivity index (χ1n) is 7.51. The standard InChI is InChI=1S/C17H22O3/c1-9-7-10(18)13-11(8-9)20-17(4)6-5-12-16(2,3)15(17)14(13)19-12/h7-8,12,14-15,18H,5-6H2,1-4H3/t12-,14-,15+,17-/m1/s1. The zero-order valence-electron chi connectivity index (χ0n) is 12.6. The fourth-order valence-electron chi connectivity index (χ4n) is 4.86. The second-order valence-electron chi connectivity index (χ2n) is 7.49. The van der Waals surface area contributed by atoms with Crippen LogP contribution in [-0.2, 0) is 4.74 Å². The van der Waals surface area contributed by atoms with Crippen molar-refractivity contribution in [2.75, 3.05) is 0 Å². The second kappa shape index (κ2) is 3.51. The van der Waals surface area contributed by atoms with Gasteiger partial charge in [0.2, 0.25) is 0 Å². The van der Waals surface area contributed by atoms with Crippen LogP contribution in [0.2, 0.25) is 0 Å². The predicted molar refractivity (Wildman–Crippen MR) is 76.0 cm³/mol. The summed E-state index contributed by atoms with van der Waals surface area (Å²) < 4.78 is 12.7. The van der Waals surface area contributed by atoms with Gasteiger partial charge in [0.05, 0.1) is 17.8 Å². The predicted octanol–water partition coefficient (Wildman–Crippen LogP) is 3.73. The van der Waals surface area contributed by atoms with Crippen molar-refractivity contribution in [2.24, 2.45) is 11.3 Å². The molecule has 4 atom stereocenters. The summed E-state index contributed by atoms with van der Waals surface area (Å²) in [6, 6.07) is 3.84. The van der Waals surface area contributed by atoms with E-state index in [9.17, 15) is 5.11 Å². The van der Waals surface area contributed by atoms with E-state index in [4.69, 9.17) is 9.47 Å². The number of hydrogen-bond acceptors (Lipinski definition) is 3. The van der Waals surface area contributed by atoms with Crippen LogP contribution in [0.1, 0.15) is 50.8 Å². The summed E-state index contributed by atoms with van der Waals surface area (Å²) in [7, 11) is 0. The van der Waals surface area contributed by atoms with E-state index in [1.807, 2.05) is 19.1 Å². The van der Waals surface area contributed by atoms with Gasteiger partial charge < -0.3 is 14.6 Å². The molecule has 2 bridgehead atoms. The summed E-state index contributed by atoms with van der Waals surface area (Å²) in [5.74, 6) is 1.43. The molecule has 0 aromatic heterocycles. The Kier molecular flexibility index (Phi) is 2.19. The van der Waals surface area contributed by atoms with Gasteiger partial charge >= 0.3 is 0 Å². The smallest absolute Gasteiger partial charge is 0.129 e. The number of aryl methyl sites for hydroxylation is 1. The lowest BCUT2D eigenvalue weighted by atomic mass is 9.59. The number of phenolic OH excluding ortho intramolecular Hbond substituents is 1. The number of hydrogen-bond donors (Lipinski definition) is 1. The van der Waals surface area contributed by atoms with Crippen molar-refractivity contribution in [1.29, 1.82) is 0 Å². The summed E-state index contributed by atoms with van der Waals surface area (Å²) in [5, 5.41) is 10.4. The molecule has 108 valence electrons. The Morgan fingerprint density at radius 3 is 2.75 bits per heavy atom. The molecule has 2 heterocycles. The van der Waals surface area contributed by atoms with E-state index in [-0.39, 0.29) is 23.2 Å². The van der Waals surface area contributed by atoms with Gasteiger partial charge in [0.1, 0.15) is 17.1 Å². The third-order valence-electron chi connectivity index (χ3n) is 5.70. The van der Waals surface area contributed by atoms with Gasteiger partial charge in [-0.25, -0.2) is 0 Å². The monoisotopic (exact) mass is 274 g/mol. The van der Waals surface area contributed by atoms with Gasteiger partial charge in [-0.05, 0) is 44.4 Å². The van der Waals surface area contributed by atoms with Crippen LogP contribution >= 0.6 is 0 Å². The van der Waals surface area contributed by atoms with Gasteiger partial charge in [0.25, 0.3) is 0 Å². The fraction of sp³-hybridized carbons (Fsp3) is 0.647. The Hall–Kier alpha value is -1.22. The highest BCUT2D eigenvalue weighted by Gasteiger charge is 2.65. The number of rotatable bonds is 0. The molecular formula is C17H22O3. The molecule has 1 aliphatic carbocycles. The minimum absolute atomic E-state index is 0.0353. The van der Waals surface area contributed by atoms with Crippen LogP contribution < -0.4 is 4.74 Å². The lowest BCUT2D eigenvalue weighted by Gasteiger charge is -2.50. The molecule has 0 amide bonds. The molecule has 2 fully saturated rings. The first-order valence-corrected chi connectivity index (χ1v) is 7.51. The van der Waals surface area contributed by atoms with Crippen molar-refractivity contribution >= 4 is 0 Å². The Morgan fingerprint density at radius 1 is 1.25 bits per heavy atom. The van der Waals surface area contributed by atoms with Crippen molar-refractivity contribution < 1.29 is 14.6 Å². The van der Waals surface area contributed by atoms with E-state index in [0.717, 1.165) is 29.7 Å². The number of benzene rings is 1. The molecule has 2 aliphatic heterocycles. The molecule has 0 radical (unpaired) electrons. The molecule has 1 aromatic carbocycles. The molecule has 4 rings (SSSR count). The van der Waals surface area contributed by atoms with E-state index >= 15 is 0 Å². The summed E-state index contributed by atoms with van der Waals surface area (Å²) in [6.07, 6.45) is 2.29. The summed E-state index contributed by atoms with van der Waals surface area (Å²) in [4.78, 5) is 0. The zero-order valence-corrected chi connectivity index (χ0v) is 12.6. The van der Waals surface area contributed by atoms with Crippen LogP contribution in [0, 0.1) is 18.3 Å². The third-order valence-corrected chi connectivity index (χ3v) is 5.70. The van der Waals surface area contributed by atoms with Crippen molar-refractivity contribution in [2.45, 2.75) is 58.3 Å². The van der Waals surface area contributed by atoms with Gasteiger partial charge in [0, 0.05) is 11.3 Å². The van der Waals surface area contributed by atoms with Gasteiger partial charge in [0.15, 0.2) is 0 Å². The van der Waals surface area contributed by atoms with E-state index < -0.39 is 0 Å². The van der Waals surface area contributed by atoms with Crippen LogP contribution in [0.15, 0.2) is 12.1 Å². The molecule has 3 heteroatoms. The van der Waals surface area contributed by atoms with Gasteiger partial charge in [-0.1, -0.05) is 13.8 Å². The highest BCUT2D eigenvalue weighted by molar-refractivity contribution is 5.51. The fourth-order valence-corrected chi connectivity index (χ4v) is 4.86. The average molecular weight is 274 g/mol. The topological polar surface area (TPSA) is 38.7 Å². The highest BCUT2D eigenvalue weighted by Crippen LogP contribution is 2.65. The molecule has 3 nitrogen and oxygen atoms in total. The molecule has 1 aromatic rings. The Morgan fingerprint density at radius 2 is 2.00 bits per heavy atom. The SMILES string of the molecule is Cc1cc(O)c2c(c1)O[C@]1(C)CC[C@H]3O[C@H]2[C@H]1C3(C)C. The summed E-state index contributed by atoms with van der Waals surface area (Å²) in [5.41, 5.74) is 1.78. The second-order valence-corrected chi connectivity index (χ2v) is 7.49. The number of aromatic hydroxyl groups is 1. The molecule has 1 saturated heterocycles. The molecular weight excluding hydrogens is 252 g/mol. The average Bonchev–Trinajstić information content (AvgIpc) is 2.50.